The number of hydrogen-bond acceptors (Lipinski definition) is 6. The van der Waals surface area contributed by atoms with Gasteiger partial charge in [0, 0.05) is 12.6 Å². The van der Waals surface area contributed by atoms with E-state index in [1.807, 2.05) is 46.8 Å². The van der Waals surface area contributed by atoms with Gasteiger partial charge in [-0.1, -0.05) is 42.8 Å². The monoisotopic (exact) mass is 595 g/mol. The van der Waals surface area contributed by atoms with Crippen molar-refractivity contribution < 1.29 is 27.5 Å². The number of anilines is 1. The van der Waals surface area contributed by atoms with Crippen molar-refractivity contribution in [1.82, 2.24) is 10.2 Å². The molecule has 0 saturated heterocycles. The average Bonchev–Trinajstić information content (AvgIpc) is 2.95. The van der Waals surface area contributed by atoms with Crippen LogP contribution in [0.1, 0.15) is 43.9 Å². The highest BCUT2D eigenvalue weighted by atomic mass is 32.2. The van der Waals surface area contributed by atoms with Crippen LogP contribution in [-0.4, -0.2) is 58.0 Å². The Bertz CT molecular complexity index is 1470. The van der Waals surface area contributed by atoms with Crippen LogP contribution in [0.15, 0.2) is 71.6 Å². The molecule has 10 heteroatoms. The van der Waals surface area contributed by atoms with Crippen LogP contribution in [0.5, 0.6) is 11.5 Å². The summed E-state index contributed by atoms with van der Waals surface area (Å²) in [6, 6.07) is 17.8. The number of rotatable bonds is 13. The first-order chi connectivity index (χ1) is 19.9. The van der Waals surface area contributed by atoms with Gasteiger partial charge in [0.15, 0.2) is 0 Å². The maximum Gasteiger partial charge on any atom is 0.264 e. The van der Waals surface area contributed by atoms with Crippen LogP contribution >= 0.6 is 0 Å². The van der Waals surface area contributed by atoms with Gasteiger partial charge < -0.3 is 19.7 Å². The normalized spacial score (nSPS) is 12.0. The highest BCUT2D eigenvalue weighted by molar-refractivity contribution is 7.92. The largest absolute Gasteiger partial charge is 0.497 e. The van der Waals surface area contributed by atoms with Gasteiger partial charge in [0.2, 0.25) is 11.8 Å². The number of ether oxygens (including phenoxy) is 2. The molecule has 0 aliphatic rings. The summed E-state index contributed by atoms with van der Waals surface area (Å²) in [6.45, 7) is 8.77. The summed E-state index contributed by atoms with van der Waals surface area (Å²) in [5, 5.41) is 2.90. The zero-order valence-corrected chi connectivity index (χ0v) is 26.2. The first-order valence-corrected chi connectivity index (χ1v) is 15.3. The molecule has 0 spiro atoms. The smallest absolute Gasteiger partial charge is 0.264 e. The minimum absolute atomic E-state index is 0.0377. The summed E-state index contributed by atoms with van der Waals surface area (Å²) in [6.07, 6.45) is 0.332. The first-order valence-electron chi connectivity index (χ1n) is 13.9. The van der Waals surface area contributed by atoms with Gasteiger partial charge in [0.1, 0.15) is 24.1 Å². The van der Waals surface area contributed by atoms with E-state index >= 15 is 0 Å². The van der Waals surface area contributed by atoms with Crippen molar-refractivity contribution in [3.8, 4) is 11.5 Å². The van der Waals surface area contributed by atoms with Crippen LogP contribution in [-0.2, 0) is 26.2 Å². The lowest BCUT2D eigenvalue weighted by atomic mass is 10.1. The zero-order chi connectivity index (χ0) is 31.0. The predicted octanol–water partition coefficient (Wildman–Crippen LogP) is 4.85. The van der Waals surface area contributed by atoms with Crippen molar-refractivity contribution >= 4 is 27.5 Å². The predicted molar refractivity (Wildman–Crippen MR) is 164 cm³/mol. The Morgan fingerprint density at radius 3 is 2.05 bits per heavy atom. The van der Waals surface area contributed by atoms with E-state index in [0.717, 1.165) is 21.0 Å². The molecule has 2 amide bonds. The van der Waals surface area contributed by atoms with Crippen molar-refractivity contribution in [2.45, 2.75) is 64.6 Å². The van der Waals surface area contributed by atoms with Crippen LogP contribution in [0.2, 0.25) is 0 Å². The summed E-state index contributed by atoms with van der Waals surface area (Å²) in [5.41, 5.74) is 2.69. The SMILES string of the molecule is CCC(C(=O)NC(C)C)N(Cc1ccc(OC)cc1)C(=O)CN(c1cc(C)ccc1OC)S(=O)(=O)c1ccc(C)cc1. The van der Waals surface area contributed by atoms with Crippen LogP contribution in [0, 0.1) is 13.8 Å². The van der Waals surface area contributed by atoms with E-state index in [1.54, 1.807) is 49.6 Å². The van der Waals surface area contributed by atoms with Crippen LogP contribution in [0.25, 0.3) is 0 Å². The maximum absolute atomic E-state index is 14.2. The fraction of sp³-hybridized carbons (Fsp3) is 0.375. The van der Waals surface area contributed by atoms with E-state index < -0.39 is 28.5 Å². The Balaban J connectivity index is 2.12. The minimum Gasteiger partial charge on any atom is -0.497 e. The maximum atomic E-state index is 14.2. The second-order valence-electron chi connectivity index (χ2n) is 10.5. The third kappa shape index (κ3) is 7.82. The number of hydrogen-bond donors (Lipinski definition) is 1. The molecule has 0 aliphatic heterocycles. The molecule has 1 N–H and O–H groups in total. The third-order valence-electron chi connectivity index (χ3n) is 6.82. The number of carbonyl (C=O) groups is 2. The molecular formula is C32H41N3O6S. The average molecular weight is 596 g/mol. The number of benzene rings is 3. The number of methoxy groups -OCH3 is 2. The fourth-order valence-corrected chi connectivity index (χ4v) is 5.99. The van der Waals surface area contributed by atoms with E-state index in [4.69, 9.17) is 9.47 Å². The standard InChI is InChI=1S/C32H41N3O6S/c1-8-28(32(37)33-22(2)3)34(20-25-12-14-26(40-6)15-13-25)31(36)21-35(29-19-24(5)11-18-30(29)41-7)42(38,39)27-16-9-23(4)10-17-27/h9-19,22,28H,8,20-21H2,1-7H3,(H,33,37). The number of nitrogens with zero attached hydrogens (tertiary/aromatic N) is 2. The molecule has 3 rings (SSSR count). The van der Waals surface area contributed by atoms with E-state index in [2.05, 4.69) is 5.32 Å². The van der Waals surface area contributed by atoms with E-state index in [-0.39, 0.29) is 29.1 Å². The lowest BCUT2D eigenvalue weighted by molar-refractivity contribution is -0.140. The van der Waals surface area contributed by atoms with Gasteiger partial charge in [0.25, 0.3) is 10.0 Å². The highest BCUT2D eigenvalue weighted by Gasteiger charge is 2.35. The van der Waals surface area contributed by atoms with Crippen molar-refractivity contribution in [2.24, 2.45) is 0 Å². The lowest BCUT2D eigenvalue weighted by Crippen LogP contribution is -2.53. The third-order valence-corrected chi connectivity index (χ3v) is 8.59. The molecule has 0 fully saturated rings. The molecule has 0 heterocycles. The molecule has 3 aromatic rings. The Morgan fingerprint density at radius 2 is 1.50 bits per heavy atom. The van der Waals surface area contributed by atoms with E-state index in [9.17, 15) is 18.0 Å². The number of nitrogens with one attached hydrogen (secondary N) is 1. The van der Waals surface area contributed by atoms with Crippen molar-refractivity contribution in [3.63, 3.8) is 0 Å². The van der Waals surface area contributed by atoms with Gasteiger partial charge in [-0.05, 0) is 81.6 Å². The molecular weight excluding hydrogens is 554 g/mol. The van der Waals surface area contributed by atoms with Gasteiger partial charge in [0.05, 0.1) is 24.8 Å². The molecule has 0 aromatic heterocycles. The number of amides is 2. The van der Waals surface area contributed by atoms with Crippen LogP contribution in [0.3, 0.4) is 0 Å². The molecule has 0 bridgehead atoms. The second kappa shape index (κ2) is 14.2. The molecule has 1 unspecified atom stereocenters. The lowest BCUT2D eigenvalue weighted by Gasteiger charge is -2.34. The number of carbonyl (C=O) groups excluding carboxylic acids is 2. The minimum atomic E-state index is -4.21. The highest BCUT2D eigenvalue weighted by Crippen LogP contribution is 2.34. The van der Waals surface area contributed by atoms with Gasteiger partial charge in [-0.3, -0.25) is 13.9 Å². The van der Waals surface area contributed by atoms with Gasteiger partial charge in [-0.2, -0.15) is 0 Å². The van der Waals surface area contributed by atoms with E-state index in [1.165, 1.54) is 24.1 Å². The molecule has 0 aliphatic carbocycles. The van der Waals surface area contributed by atoms with E-state index in [0.29, 0.717) is 17.9 Å². The van der Waals surface area contributed by atoms with Crippen LogP contribution in [0.4, 0.5) is 5.69 Å². The Morgan fingerprint density at radius 1 is 0.881 bits per heavy atom. The quantitative estimate of drug-likeness (QED) is 0.303. The molecule has 0 radical (unpaired) electrons. The second-order valence-corrected chi connectivity index (χ2v) is 12.3. The Hall–Kier alpha value is -4.05. The van der Waals surface area contributed by atoms with Crippen molar-refractivity contribution in [2.75, 3.05) is 25.1 Å². The molecule has 42 heavy (non-hydrogen) atoms. The molecule has 9 nitrogen and oxygen atoms in total. The zero-order valence-electron chi connectivity index (χ0n) is 25.4. The number of aryl methyl sites for hydroxylation is 2. The first kappa shape index (κ1) is 32.5. The number of sulfonamides is 1. The summed E-state index contributed by atoms with van der Waals surface area (Å²) >= 11 is 0. The fourth-order valence-electron chi connectivity index (χ4n) is 4.57. The summed E-state index contributed by atoms with van der Waals surface area (Å²) < 4.78 is 40.1. The summed E-state index contributed by atoms with van der Waals surface area (Å²) in [4.78, 5) is 29.0. The topological polar surface area (TPSA) is 105 Å². The van der Waals surface area contributed by atoms with Gasteiger partial charge in [-0.25, -0.2) is 8.42 Å². The Kier molecular flexibility index (Phi) is 11.0. The van der Waals surface area contributed by atoms with Crippen molar-refractivity contribution in [3.05, 3.63) is 83.4 Å². The van der Waals surface area contributed by atoms with Gasteiger partial charge >= 0.3 is 0 Å². The molecule has 1 atom stereocenters. The summed E-state index contributed by atoms with van der Waals surface area (Å²) in [5.74, 6) is 0.116. The molecule has 3 aromatic carbocycles. The molecule has 0 saturated carbocycles. The molecule has 226 valence electrons. The van der Waals surface area contributed by atoms with Crippen molar-refractivity contribution in [1.29, 1.82) is 0 Å². The summed E-state index contributed by atoms with van der Waals surface area (Å²) in [7, 11) is -1.20. The van der Waals surface area contributed by atoms with Gasteiger partial charge in [-0.15, -0.1) is 0 Å². The van der Waals surface area contributed by atoms with Crippen LogP contribution < -0.4 is 19.1 Å². The Labute approximate surface area is 249 Å².